The molecule has 5 saturated carbocycles. The van der Waals surface area contributed by atoms with Crippen molar-refractivity contribution in [3.8, 4) is 0 Å². The van der Waals surface area contributed by atoms with Gasteiger partial charge in [0.05, 0.1) is 23.0 Å². The molecule has 5 rings (SSSR count). The maximum atomic E-state index is 13.9. The highest BCUT2D eigenvalue weighted by atomic mass is 35.5. The summed E-state index contributed by atoms with van der Waals surface area (Å²) in [6.07, 6.45) is 18.8. The van der Waals surface area contributed by atoms with Gasteiger partial charge in [-0.1, -0.05) is 23.2 Å². The van der Waals surface area contributed by atoms with Crippen LogP contribution in [0.15, 0.2) is 0 Å². The highest BCUT2D eigenvalue weighted by Crippen LogP contribution is 2.75. The van der Waals surface area contributed by atoms with Gasteiger partial charge in [0.15, 0.2) is 5.78 Å². The monoisotopic (exact) mass is 498 g/mol. The first-order valence-electron chi connectivity index (χ1n) is 13.8. The molecule has 0 unspecified atom stereocenters. The summed E-state index contributed by atoms with van der Waals surface area (Å²) in [6, 6.07) is 0. The number of rotatable bonds is 4. The molecule has 0 aromatic rings. The number of ether oxygens (including phenoxy) is 2. The smallest absolute Gasteiger partial charge is 0.151 e. The number of ketones is 1. The lowest BCUT2D eigenvalue weighted by atomic mass is 9.41. The largest absolute Gasteiger partial charge is 0.381 e. The number of methoxy groups -OCH3 is 2. The molecule has 3 nitrogen and oxygen atoms in total. The minimum atomic E-state index is -0.867. The average Bonchev–Trinajstić information content (AvgIpc) is 2.88. The molecule has 0 N–H and O–H groups in total. The highest BCUT2D eigenvalue weighted by Gasteiger charge is 2.79. The van der Waals surface area contributed by atoms with Crippen LogP contribution in [0.5, 0.6) is 0 Å². The van der Waals surface area contributed by atoms with Crippen molar-refractivity contribution in [2.75, 3.05) is 14.2 Å². The summed E-state index contributed by atoms with van der Waals surface area (Å²) >= 11 is 14.4. The van der Waals surface area contributed by atoms with Crippen LogP contribution in [0, 0.1) is 34.5 Å². The second kappa shape index (κ2) is 9.56. The number of hydrogen-bond donors (Lipinski definition) is 0. The van der Waals surface area contributed by atoms with Crippen LogP contribution in [0.2, 0.25) is 0 Å². The normalized spacial score (nSPS) is 48.1. The Morgan fingerprint density at radius 2 is 0.879 bits per heavy atom. The zero-order valence-electron chi connectivity index (χ0n) is 20.8. The van der Waals surface area contributed by atoms with Gasteiger partial charge in [-0.25, -0.2) is 0 Å². The van der Waals surface area contributed by atoms with Crippen molar-refractivity contribution in [3.63, 3.8) is 0 Å². The maximum Gasteiger partial charge on any atom is 0.151 e. The molecule has 33 heavy (non-hydrogen) atoms. The molecule has 0 atom stereocenters. The summed E-state index contributed by atoms with van der Waals surface area (Å²) in [6.45, 7) is 0. The van der Waals surface area contributed by atoms with Crippen LogP contribution >= 0.6 is 23.2 Å². The lowest BCUT2D eigenvalue weighted by molar-refractivity contribution is -0.173. The molecule has 0 radical (unpaired) electrons. The van der Waals surface area contributed by atoms with Gasteiger partial charge in [0, 0.05) is 14.2 Å². The SMILES string of the molecule is COC1CCC(C2CCC3(CC2)C(=O)C2(CCC(C4CCC(OC)CC4)CC2)C3(Cl)Cl)CC1. The van der Waals surface area contributed by atoms with Crippen LogP contribution in [-0.4, -0.2) is 36.5 Å². The molecular formula is C28H44Cl2O3. The summed E-state index contributed by atoms with van der Waals surface area (Å²) in [5.74, 6) is 3.49. The maximum absolute atomic E-state index is 13.9. The van der Waals surface area contributed by atoms with E-state index in [1.165, 1.54) is 51.4 Å². The van der Waals surface area contributed by atoms with Crippen LogP contribution in [0.3, 0.4) is 0 Å². The van der Waals surface area contributed by atoms with E-state index in [-0.39, 0.29) is 0 Å². The Morgan fingerprint density at radius 3 is 1.15 bits per heavy atom. The van der Waals surface area contributed by atoms with E-state index >= 15 is 0 Å². The van der Waals surface area contributed by atoms with Crippen molar-refractivity contribution in [2.24, 2.45) is 34.5 Å². The average molecular weight is 500 g/mol. The zero-order valence-corrected chi connectivity index (χ0v) is 22.3. The zero-order chi connectivity index (χ0) is 23.3. The summed E-state index contributed by atoms with van der Waals surface area (Å²) in [4.78, 5) is 13.9. The highest BCUT2D eigenvalue weighted by molar-refractivity contribution is 6.55. The van der Waals surface area contributed by atoms with E-state index < -0.39 is 15.2 Å². The predicted molar refractivity (Wildman–Crippen MR) is 134 cm³/mol. The first-order chi connectivity index (χ1) is 15.9. The number of Topliss-reactive ketones (excluding diaryl/α,β-unsaturated/α-hetero) is 1. The van der Waals surface area contributed by atoms with Crippen LogP contribution in [-0.2, 0) is 14.3 Å². The van der Waals surface area contributed by atoms with Gasteiger partial charge in [-0.3, -0.25) is 4.79 Å². The van der Waals surface area contributed by atoms with Gasteiger partial charge >= 0.3 is 0 Å². The number of carbonyl (C=O) groups excluding carboxylic acids is 1. The number of hydrogen-bond acceptors (Lipinski definition) is 3. The molecule has 0 bridgehead atoms. The molecule has 188 valence electrons. The van der Waals surface area contributed by atoms with E-state index in [1.54, 1.807) is 0 Å². The lowest BCUT2D eigenvalue weighted by Crippen LogP contribution is -2.74. The molecule has 5 aliphatic rings. The van der Waals surface area contributed by atoms with Gasteiger partial charge in [-0.2, -0.15) is 0 Å². The van der Waals surface area contributed by atoms with Crippen LogP contribution in [0.4, 0.5) is 0 Å². The molecule has 5 heteroatoms. The Morgan fingerprint density at radius 1 is 0.576 bits per heavy atom. The molecule has 0 heterocycles. The third kappa shape index (κ3) is 3.94. The molecule has 0 saturated heterocycles. The fourth-order valence-electron chi connectivity index (χ4n) is 9.02. The quantitative estimate of drug-likeness (QED) is 0.376. The summed E-state index contributed by atoms with van der Waals surface area (Å²) in [7, 11) is 3.68. The second-order valence-electron chi connectivity index (χ2n) is 12.3. The summed E-state index contributed by atoms with van der Waals surface area (Å²) in [5.41, 5.74) is -0.945. The molecule has 2 spiro atoms. The molecule has 0 aromatic heterocycles. The number of alkyl halides is 2. The van der Waals surface area contributed by atoms with Crippen molar-refractivity contribution in [1.29, 1.82) is 0 Å². The first-order valence-corrected chi connectivity index (χ1v) is 14.6. The van der Waals surface area contributed by atoms with Crippen LogP contribution < -0.4 is 0 Å². The fourth-order valence-corrected chi connectivity index (χ4v) is 10.1. The number of carbonyl (C=O) groups is 1. The van der Waals surface area contributed by atoms with Crippen LogP contribution in [0.25, 0.3) is 0 Å². The third-order valence-corrected chi connectivity index (χ3v) is 12.7. The van der Waals surface area contributed by atoms with E-state index in [2.05, 4.69) is 0 Å². The van der Waals surface area contributed by atoms with Gasteiger partial charge in [-0.05, 0) is 126 Å². The van der Waals surface area contributed by atoms with E-state index in [0.717, 1.165) is 75.0 Å². The Balaban J connectivity index is 1.17. The predicted octanol–water partition coefficient (Wildman–Crippen LogP) is 7.51. The topological polar surface area (TPSA) is 35.5 Å². The van der Waals surface area contributed by atoms with Crippen molar-refractivity contribution in [3.05, 3.63) is 0 Å². The molecule has 0 aromatic carbocycles. The third-order valence-electron chi connectivity index (χ3n) is 11.3. The Kier molecular flexibility index (Phi) is 7.20. The molecule has 5 aliphatic carbocycles. The minimum absolute atomic E-state index is 0.433. The Hall–Kier alpha value is 0.170. The van der Waals surface area contributed by atoms with Gasteiger partial charge < -0.3 is 9.47 Å². The Bertz CT molecular complexity index is 634. The summed E-state index contributed by atoms with van der Waals surface area (Å²) in [5, 5.41) is 0. The van der Waals surface area contributed by atoms with E-state index in [9.17, 15) is 4.79 Å². The molecule has 0 amide bonds. The van der Waals surface area contributed by atoms with Gasteiger partial charge in [0.2, 0.25) is 0 Å². The molecular weight excluding hydrogens is 455 g/mol. The first kappa shape index (κ1) is 24.8. The van der Waals surface area contributed by atoms with Crippen molar-refractivity contribution >= 4 is 29.0 Å². The van der Waals surface area contributed by atoms with E-state index in [0.29, 0.717) is 18.0 Å². The lowest BCUT2D eigenvalue weighted by Gasteiger charge is -2.67. The standard InChI is InChI=1S/C28H44Cl2O3/c1-32-23-7-3-19(4-8-23)21-11-15-26(16-12-21)25(31)27(28(26,29)30)17-13-22(14-18-27)20-5-9-24(33-2)10-6-20/h19-24H,3-18H2,1-2H3. The fraction of sp³-hybridized carbons (Fsp3) is 0.964. The second-order valence-corrected chi connectivity index (χ2v) is 13.6. The van der Waals surface area contributed by atoms with E-state index in [4.69, 9.17) is 32.7 Å². The minimum Gasteiger partial charge on any atom is -0.381 e. The number of halogens is 2. The molecule has 0 aliphatic heterocycles. The molecule has 5 fully saturated rings. The van der Waals surface area contributed by atoms with Gasteiger partial charge in [0.1, 0.15) is 4.33 Å². The van der Waals surface area contributed by atoms with Gasteiger partial charge in [-0.15, -0.1) is 0 Å². The van der Waals surface area contributed by atoms with Crippen molar-refractivity contribution < 1.29 is 14.3 Å². The summed E-state index contributed by atoms with van der Waals surface area (Å²) < 4.78 is 10.3. The van der Waals surface area contributed by atoms with E-state index in [1.807, 2.05) is 14.2 Å². The van der Waals surface area contributed by atoms with Crippen molar-refractivity contribution in [2.45, 2.75) is 119 Å². The van der Waals surface area contributed by atoms with Crippen molar-refractivity contribution in [1.82, 2.24) is 0 Å². The van der Waals surface area contributed by atoms with Gasteiger partial charge in [0.25, 0.3) is 0 Å². The van der Waals surface area contributed by atoms with Crippen LogP contribution in [0.1, 0.15) is 103 Å². The Labute approximate surface area is 211 Å².